The summed E-state index contributed by atoms with van der Waals surface area (Å²) < 4.78 is 11.1. The molecule has 1 heterocycles. The Balaban J connectivity index is 2.30. The number of likely N-dealkylation sites (N-methyl/N-ethyl adjacent to an activating group) is 1. The third-order valence-electron chi connectivity index (χ3n) is 3.07. The van der Waals surface area contributed by atoms with E-state index in [0.717, 1.165) is 19.6 Å². The van der Waals surface area contributed by atoms with Crippen LogP contribution >= 0.6 is 0 Å². The molecule has 16 heavy (non-hydrogen) atoms. The molecule has 0 aliphatic carbocycles. The molecule has 0 spiro atoms. The Morgan fingerprint density at radius 1 is 1.19 bits per heavy atom. The average molecular weight is 230 g/mol. The molecule has 4 heteroatoms. The quantitative estimate of drug-likeness (QED) is 0.663. The second kappa shape index (κ2) is 8.01. The Labute approximate surface area is 99.3 Å². The molecule has 0 aromatic carbocycles. The van der Waals surface area contributed by atoms with Crippen molar-refractivity contribution in [2.75, 3.05) is 39.9 Å². The van der Waals surface area contributed by atoms with Gasteiger partial charge < -0.3 is 14.8 Å². The first-order valence-electron chi connectivity index (χ1n) is 6.42. The Kier molecular flexibility index (Phi) is 6.96. The van der Waals surface area contributed by atoms with Crippen LogP contribution in [0.5, 0.6) is 0 Å². The largest absolute Gasteiger partial charge is 0.352 e. The van der Waals surface area contributed by atoms with Crippen LogP contribution in [0, 0.1) is 0 Å². The van der Waals surface area contributed by atoms with Crippen LogP contribution in [-0.4, -0.2) is 57.1 Å². The molecule has 0 amide bonds. The molecule has 4 nitrogen and oxygen atoms in total. The lowest BCUT2D eigenvalue weighted by Gasteiger charge is -2.33. The van der Waals surface area contributed by atoms with E-state index in [1.165, 1.54) is 12.8 Å². The highest BCUT2D eigenvalue weighted by molar-refractivity contribution is 4.76. The maximum absolute atomic E-state index is 5.56. The number of rotatable bonds is 7. The van der Waals surface area contributed by atoms with Gasteiger partial charge in [-0.25, -0.2) is 0 Å². The molecule has 1 saturated heterocycles. The summed E-state index contributed by atoms with van der Waals surface area (Å²) in [4.78, 5) is 2.37. The molecule has 1 aliphatic heterocycles. The first-order valence-corrected chi connectivity index (χ1v) is 6.42. The lowest BCUT2D eigenvalue weighted by atomic mass is 10.1. The van der Waals surface area contributed by atoms with E-state index in [1.54, 1.807) is 0 Å². The Hall–Kier alpha value is -0.160. The zero-order valence-corrected chi connectivity index (χ0v) is 10.9. The van der Waals surface area contributed by atoms with Crippen LogP contribution in [0.3, 0.4) is 0 Å². The number of hydrogen-bond acceptors (Lipinski definition) is 4. The van der Waals surface area contributed by atoms with Crippen molar-refractivity contribution in [3.8, 4) is 0 Å². The molecule has 0 unspecified atom stereocenters. The van der Waals surface area contributed by atoms with Gasteiger partial charge in [-0.05, 0) is 46.8 Å². The normalized spacial score (nSPS) is 18.6. The van der Waals surface area contributed by atoms with Gasteiger partial charge in [-0.1, -0.05) is 0 Å². The third kappa shape index (κ3) is 4.78. The topological polar surface area (TPSA) is 33.7 Å². The zero-order valence-electron chi connectivity index (χ0n) is 10.9. The van der Waals surface area contributed by atoms with E-state index in [2.05, 4.69) is 17.3 Å². The molecule has 0 saturated carbocycles. The highest BCUT2D eigenvalue weighted by Crippen LogP contribution is 2.11. The van der Waals surface area contributed by atoms with Crippen LogP contribution < -0.4 is 5.32 Å². The van der Waals surface area contributed by atoms with Gasteiger partial charge in [0.2, 0.25) is 0 Å². The van der Waals surface area contributed by atoms with E-state index >= 15 is 0 Å². The fourth-order valence-electron chi connectivity index (χ4n) is 2.16. The van der Waals surface area contributed by atoms with Crippen molar-refractivity contribution in [1.29, 1.82) is 0 Å². The van der Waals surface area contributed by atoms with Crippen molar-refractivity contribution in [1.82, 2.24) is 10.2 Å². The van der Waals surface area contributed by atoms with E-state index in [1.807, 2.05) is 13.8 Å². The molecular formula is C12H26N2O2. The van der Waals surface area contributed by atoms with E-state index in [-0.39, 0.29) is 6.29 Å². The highest BCUT2D eigenvalue weighted by atomic mass is 16.7. The Morgan fingerprint density at radius 3 is 2.25 bits per heavy atom. The van der Waals surface area contributed by atoms with Gasteiger partial charge in [0.15, 0.2) is 6.29 Å². The maximum atomic E-state index is 5.56. The number of piperidine rings is 1. The van der Waals surface area contributed by atoms with Crippen LogP contribution in [0.2, 0.25) is 0 Å². The predicted octanol–water partition coefficient (Wildman–Crippen LogP) is 1.07. The lowest BCUT2D eigenvalue weighted by Crippen LogP contribution is -2.45. The summed E-state index contributed by atoms with van der Waals surface area (Å²) in [5.41, 5.74) is 0. The predicted molar refractivity (Wildman–Crippen MR) is 65.6 cm³/mol. The van der Waals surface area contributed by atoms with Crippen molar-refractivity contribution < 1.29 is 9.47 Å². The van der Waals surface area contributed by atoms with E-state index in [9.17, 15) is 0 Å². The van der Waals surface area contributed by atoms with E-state index in [0.29, 0.717) is 19.3 Å². The fraction of sp³-hybridized carbons (Fsp3) is 1.00. The Bertz CT molecular complexity index is 166. The second-order valence-electron chi connectivity index (χ2n) is 4.26. The lowest BCUT2D eigenvalue weighted by molar-refractivity contribution is -0.148. The summed E-state index contributed by atoms with van der Waals surface area (Å²) in [6.07, 6.45) is 2.37. The molecule has 0 aromatic heterocycles. The maximum Gasteiger partial charge on any atom is 0.170 e. The summed E-state index contributed by atoms with van der Waals surface area (Å²) in [5.74, 6) is 0. The fourth-order valence-corrected chi connectivity index (χ4v) is 2.16. The van der Waals surface area contributed by atoms with Crippen LogP contribution in [0.15, 0.2) is 0 Å². The molecule has 0 atom stereocenters. The molecule has 1 rings (SSSR count). The smallest absolute Gasteiger partial charge is 0.170 e. The second-order valence-corrected chi connectivity index (χ2v) is 4.26. The van der Waals surface area contributed by atoms with Crippen LogP contribution in [0.25, 0.3) is 0 Å². The van der Waals surface area contributed by atoms with Gasteiger partial charge in [0.05, 0.1) is 0 Å². The molecule has 1 fully saturated rings. The average Bonchev–Trinajstić information content (AvgIpc) is 2.31. The van der Waals surface area contributed by atoms with Crippen molar-refractivity contribution in [2.24, 2.45) is 0 Å². The first-order chi connectivity index (χ1) is 7.77. The monoisotopic (exact) mass is 230 g/mol. The van der Waals surface area contributed by atoms with Gasteiger partial charge in [-0.3, -0.25) is 4.90 Å². The highest BCUT2D eigenvalue weighted by Gasteiger charge is 2.20. The van der Waals surface area contributed by atoms with Gasteiger partial charge in [0.25, 0.3) is 0 Å². The zero-order chi connectivity index (χ0) is 11.8. The van der Waals surface area contributed by atoms with Crippen molar-refractivity contribution in [2.45, 2.75) is 39.0 Å². The minimum absolute atomic E-state index is 0.0742. The summed E-state index contributed by atoms with van der Waals surface area (Å²) in [5, 5.41) is 3.38. The SMILES string of the molecule is CCOC(CN(C)C1CCNCC1)OCC. The molecule has 96 valence electrons. The number of nitrogens with one attached hydrogen (secondary N) is 1. The standard InChI is InChI=1S/C12H26N2O2/c1-4-15-12(16-5-2)10-14(3)11-6-8-13-9-7-11/h11-13H,4-10H2,1-3H3. The summed E-state index contributed by atoms with van der Waals surface area (Å²) >= 11 is 0. The number of nitrogens with zero attached hydrogens (tertiary/aromatic N) is 1. The molecule has 1 N–H and O–H groups in total. The van der Waals surface area contributed by atoms with Gasteiger partial charge in [-0.2, -0.15) is 0 Å². The minimum Gasteiger partial charge on any atom is -0.352 e. The van der Waals surface area contributed by atoms with Crippen molar-refractivity contribution >= 4 is 0 Å². The van der Waals surface area contributed by atoms with Gasteiger partial charge in [0, 0.05) is 25.8 Å². The third-order valence-corrected chi connectivity index (χ3v) is 3.07. The van der Waals surface area contributed by atoms with E-state index < -0.39 is 0 Å². The van der Waals surface area contributed by atoms with E-state index in [4.69, 9.17) is 9.47 Å². The number of ether oxygens (including phenoxy) is 2. The summed E-state index contributed by atoms with van der Waals surface area (Å²) in [6, 6.07) is 0.671. The van der Waals surface area contributed by atoms with Crippen LogP contribution in [0.1, 0.15) is 26.7 Å². The van der Waals surface area contributed by atoms with Crippen molar-refractivity contribution in [3.05, 3.63) is 0 Å². The molecule has 1 aliphatic rings. The van der Waals surface area contributed by atoms with Crippen LogP contribution in [-0.2, 0) is 9.47 Å². The van der Waals surface area contributed by atoms with Gasteiger partial charge in [-0.15, -0.1) is 0 Å². The summed E-state index contributed by atoms with van der Waals surface area (Å²) in [6.45, 7) is 8.57. The molecule has 0 radical (unpaired) electrons. The first kappa shape index (κ1) is 13.9. The van der Waals surface area contributed by atoms with Gasteiger partial charge >= 0.3 is 0 Å². The van der Waals surface area contributed by atoms with Crippen LogP contribution in [0.4, 0.5) is 0 Å². The molecule has 0 bridgehead atoms. The minimum atomic E-state index is -0.0742. The molecule has 0 aromatic rings. The Morgan fingerprint density at radius 2 is 1.75 bits per heavy atom. The number of hydrogen-bond donors (Lipinski definition) is 1. The van der Waals surface area contributed by atoms with Gasteiger partial charge in [0.1, 0.15) is 0 Å². The molecular weight excluding hydrogens is 204 g/mol. The van der Waals surface area contributed by atoms with Crippen molar-refractivity contribution in [3.63, 3.8) is 0 Å². The summed E-state index contributed by atoms with van der Waals surface area (Å²) in [7, 11) is 2.17.